The standard InChI is InChI=1S/C23H24ClN5O3S/c1-33(31,32)22-12-19(24)6-7-21(22)17-4-2-16(3-5-17)18-13-28(14-18)23(30)27-10-8-20(15-27)29-11-9-25-26-29/h2-7,9,11-12,18,20H,8,10,13-15H2,1H3/t20-/m0/s1. The van der Waals surface area contributed by atoms with Gasteiger partial charge in [-0.05, 0) is 29.7 Å². The van der Waals surface area contributed by atoms with Crippen molar-refractivity contribution in [2.45, 2.75) is 23.3 Å². The number of amides is 2. The summed E-state index contributed by atoms with van der Waals surface area (Å²) in [6.45, 7) is 2.74. The van der Waals surface area contributed by atoms with E-state index in [1.54, 1.807) is 18.3 Å². The van der Waals surface area contributed by atoms with Crippen LogP contribution in [-0.4, -0.2) is 71.7 Å². The van der Waals surface area contributed by atoms with Crippen molar-refractivity contribution >= 4 is 27.5 Å². The number of nitrogens with zero attached hydrogens (tertiary/aromatic N) is 5. The smallest absolute Gasteiger partial charge is 0.320 e. The Labute approximate surface area is 197 Å². The molecule has 3 heterocycles. The fourth-order valence-corrected chi connectivity index (χ4v) is 5.73. The number of hydrogen-bond donors (Lipinski definition) is 0. The SMILES string of the molecule is CS(=O)(=O)c1cc(Cl)ccc1-c1ccc(C2CN(C(=O)N3CC[C@H](n4ccnn4)C3)C2)cc1. The Kier molecular flexibility index (Phi) is 5.62. The van der Waals surface area contributed by atoms with Gasteiger partial charge in [0.2, 0.25) is 0 Å². The summed E-state index contributed by atoms with van der Waals surface area (Å²) < 4.78 is 26.2. The summed E-state index contributed by atoms with van der Waals surface area (Å²) in [5.41, 5.74) is 2.59. The van der Waals surface area contributed by atoms with Gasteiger partial charge in [0.05, 0.1) is 17.1 Å². The van der Waals surface area contributed by atoms with Crippen molar-refractivity contribution in [1.29, 1.82) is 0 Å². The normalized spacial score (nSPS) is 19.0. The molecular weight excluding hydrogens is 462 g/mol. The number of hydrogen-bond acceptors (Lipinski definition) is 5. The summed E-state index contributed by atoms with van der Waals surface area (Å²) >= 11 is 6.02. The Morgan fingerprint density at radius 3 is 2.48 bits per heavy atom. The minimum atomic E-state index is -3.41. The highest BCUT2D eigenvalue weighted by Gasteiger charge is 2.37. The highest BCUT2D eigenvalue weighted by molar-refractivity contribution is 7.90. The predicted molar refractivity (Wildman–Crippen MR) is 125 cm³/mol. The van der Waals surface area contributed by atoms with Gasteiger partial charge in [-0.3, -0.25) is 0 Å². The fraction of sp³-hybridized carbons (Fsp3) is 0.348. The first kappa shape index (κ1) is 21.9. The summed E-state index contributed by atoms with van der Waals surface area (Å²) in [6, 6.07) is 13.1. The lowest BCUT2D eigenvalue weighted by atomic mass is 9.90. The molecule has 0 bridgehead atoms. The van der Waals surface area contributed by atoms with E-state index >= 15 is 0 Å². The van der Waals surface area contributed by atoms with Crippen molar-refractivity contribution in [2.75, 3.05) is 32.4 Å². The number of halogens is 1. The zero-order chi connectivity index (χ0) is 23.2. The lowest BCUT2D eigenvalue weighted by Gasteiger charge is -2.41. The number of likely N-dealkylation sites (tertiary alicyclic amines) is 2. The van der Waals surface area contributed by atoms with Crippen molar-refractivity contribution in [1.82, 2.24) is 24.8 Å². The summed E-state index contributed by atoms with van der Waals surface area (Å²) in [7, 11) is -3.41. The predicted octanol–water partition coefficient (Wildman–Crippen LogP) is 3.47. The van der Waals surface area contributed by atoms with Gasteiger partial charge < -0.3 is 9.80 Å². The largest absolute Gasteiger partial charge is 0.323 e. The molecule has 0 N–H and O–H groups in total. The minimum absolute atomic E-state index is 0.0736. The van der Waals surface area contributed by atoms with E-state index in [0.717, 1.165) is 24.1 Å². The fourth-order valence-electron chi connectivity index (χ4n) is 4.57. The van der Waals surface area contributed by atoms with Crippen LogP contribution in [0.4, 0.5) is 4.79 Å². The molecule has 0 aliphatic carbocycles. The molecule has 2 fully saturated rings. The Morgan fingerprint density at radius 1 is 1.06 bits per heavy atom. The summed E-state index contributed by atoms with van der Waals surface area (Å²) in [4.78, 5) is 16.8. The number of benzene rings is 2. The molecule has 172 valence electrons. The molecule has 0 saturated carbocycles. The molecule has 10 heteroatoms. The molecule has 2 aromatic carbocycles. The second kappa shape index (κ2) is 8.46. The van der Waals surface area contributed by atoms with Crippen LogP contribution >= 0.6 is 11.6 Å². The van der Waals surface area contributed by atoms with E-state index in [1.165, 1.54) is 12.3 Å². The van der Waals surface area contributed by atoms with Gasteiger partial charge in [-0.1, -0.05) is 47.1 Å². The molecule has 33 heavy (non-hydrogen) atoms. The molecule has 8 nitrogen and oxygen atoms in total. The van der Waals surface area contributed by atoms with Gasteiger partial charge in [0.15, 0.2) is 9.84 Å². The Hall–Kier alpha value is -2.91. The second-order valence-corrected chi connectivity index (χ2v) is 11.1. The van der Waals surface area contributed by atoms with Crippen molar-refractivity contribution in [3.05, 3.63) is 65.4 Å². The second-order valence-electron chi connectivity index (χ2n) is 8.69. The Balaban J connectivity index is 1.22. The van der Waals surface area contributed by atoms with Crippen LogP contribution in [0.25, 0.3) is 11.1 Å². The van der Waals surface area contributed by atoms with Gasteiger partial charge in [0.1, 0.15) is 0 Å². The minimum Gasteiger partial charge on any atom is -0.323 e. The molecule has 0 radical (unpaired) electrons. The molecule has 1 aromatic heterocycles. The number of carbonyl (C=O) groups excluding carboxylic acids is 1. The van der Waals surface area contributed by atoms with Crippen LogP contribution in [0, 0.1) is 0 Å². The van der Waals surface area contributed by atoms with Crippen LogP contribution in [0.2, 0.25) is 5.02 Å². The number of urea groups is 1. The van der Waals surface area contributed by atoms with Gasteiger partial charge in [0, 0.05) is 55.1 Å². The molecule has 0 unspecified atom stereocenters. The summed E-state index contributed by atoms with van der Waals surface area (Å²) in [5, 5.41) is 8.29. The molecule has 3 aromatic rings. The lowest BCUT2D eigenvalue weighted by molar-refractivity contribution is 0.120. The van der Waals surface area contributed by atoms with Crippen molar-refractivity contribution in [3.63, 3.8) is 0 Å². The molecule has 2 amide bonds. The van der Waals surface area contributed by atoms with Gasteiger partial charge in [-0.15, -0.1) is 5.10 Å². The van der Waals surface area contributed by atoms with Crippen LogP contribution in [0.15, 0.2) is 59.8 Å². The van der Waals surface area contributed by atoms with E-state index in [9.17, 15) is 13.2 Å². The maximum Gasteiger partial charge on any atom is 0.320 e. The van der Waals surface area contributed by atoms with E-state index in [-0.39, 0.29) is 22.9 Å². The van der Waals surface area contributed by atoms with E-state index in [2.05, 4.69) is 10.3 Å². The molecule has 2 aliphatic heterocycles. The van der Waals surface area contributed by atoms with Crippen molar-refractivity contribution in [3.8, 4) is 11.1 Å². The van der Waals surface area contributed by atoms with Gasteiger partial charge >= 0.3 is 6.03 Å². The van der Waals surface area contributed by atoms with E-state index < -0.39 is 9.84 Å². The molecule has 0 spiro atoms. The highest BCUT2D eigenvalue weighted by atomic mass is 35.5. The average molecular weight is 486 g/mol. The van der Waals surface area contributed by atoms with Gasteiger partial charge in [0.25, 0.3) is 0 Å². The van der Waals surface area contributed by atoms with Crippen LogP contribution in [-0.2, 0) is 9.84 Å². The molecule has 1 atom stereocenters. The zero-order valence-electron chi connectivity index (χ0n) is 18.1. The lowest BCUT2D eigenvalue weighted by Crippen LogP contribution is -2.53. The number of rotatable bonds is 4. The summed E-state index contributed by atoms with van der Waals surface area (Å²) in [5.74, 6) is 0.274. The van der Waals surface area contributed by atoms with Crippen LogP contribution in [0.1, 0.15) is 23.9 Å². The molecular formula is C23H24ClN5O3S. The molecule has 2 saturated heterocycles. The number of carbonyl (C=O) groups is 1. The van der Waals surface area contributed by atoms with Gasteiger partial charge in [-0.25, -0.2) is 17.9 Å². The van der Waals surface area contributed by atoms with Crippen LogP contribution < -0.4 is 0 Å². The monoisotopic (exact) mass is 485 g/mol. The maximum atomic E-state index is 12.9. The molecule has 5 rings (SSSR count). The van der Waals surface area contributed by atoms with E-state index in [1.807, 2.05) is 44.9 Å². The Morgan fingerprint density at radius 2 is 1.82 bits per heavy atom. The first-order valence-electron chi connectivity index (χ1n) is 10.8. The number of aromatic nitrogens is 3. The average Bonchev–Trinajstić information content (AvgIpc) is 3.44. The first-order chi connectivity index (χ1) is 15.8. The van der Waals surface area contributed by atoms with Crippen LogP contribution in [0.3, 0.4) is 0 Å². The first-order valence-corrected chi connectivity index (χ1v) is 13.1. The maximum absolute atomic E-state index is 12.9. The third-order valence-electron chi connectivity index (χ3n) is 6.44. The highest BCUT2D eigenvalue weighted by Crippen LogP contribution is 2.34. The molecule has 2 aliphatic rings. The van der Waals surface area contributed by atoms with Crippen LogP contribution in [0.5, 0.6) is 0 Å². The number of sulfone groups is 1. The zero-order valence-corrected chi connectivity index (χ0v) is 19.7. The quantitative estimate of drug-likeness (QED) is 0.564. The topological polar surface area (TPSA) is 88.4 Å². The van der Waals surface area contributed by atoms with Crippen molar-refractivity contribution in [2.24, 2.45) is 0 Å². The third-order valence-corrected chi connectivity index (χ3v) is 7.81. The van der Waals surface area contributed by atoms with E-state index in [4.69, 9.17) is 11.6 Å². The third kappa shape index (κ3) is 4.35. The van der Waals surface area contributed by atoms with Crippen molar-refractivity contribution < 1.29 is 13.2 Å². The Bertz CT molecular complexity index is 1270. The van der Waals surface area contributed by atoms with Gasteiger partial charge in [-0.2, -0.15) is 0 Å². The summed E-state index contributed by atoms with van der Waals surface area (Å²) in [6.07, 6.45) is 5.56. The van der Waals surface area contributed by atoms with E-state index in [0.29, 0.717) is 30.2 Å².